The monoisotopic (exact) mass is 501 g/mol. The maximum Gasteiger partial charge on any atom is 0.147 e. The number of hydrogen-bond acceptors (Lipinski definition) is 4. The molecule has 38 heavy (non-hydrogen) atoms. The van der Waals surface area contributed by atoms with Crippen LogP contribution in [0, 0.1) is 6.92 Å². The molecule has 4 aromatic carbocycles. The molecule has 0 saturated carbocycles. The summed E-state index contributed by atoms with van der Waals surface area (Å²) in [6.45, 7) is 4.20. The molecule has 2 heterocycles. The van der Waals surface area contributed by atoms with Gasteiger partial charge in [-0.3, -0.25) is 0 Å². The lowest BCUT2D eigenvalue weighted by Gasteiger charge is -2.20. The lowest BCUT2D eigenvalue weighted by molar-refractivity contribution is 0.261. The van der Waals surface area contributed by atoms with Gasteiger partial charge in [0.1, 0.15) is 36.1 Å². The smallest absolute Gasteiger partial charge is 0.147 e. The van der Waals surface area contributed by atoms with E-state index in [-0.39, 0.29) is 0 Å². The predicted octanol–water partition coefficient (Wildman–Crippen LogP) is 7.84. The second-order valence-corrected chi connectivity index (χ2v) is 9.91. The maximum atomic E-state index is 6.83. The summed E-state index contributed by atoms with van der Waals surface area (Å²) in [5.41, 5.74) is 8.50. The topological polar surface area (TPSA) is 34.8 Å². The van der Waals surface area contributed by atoms with Gasteiger partial charge in [0.05, 0.1) is 5.56 Å². The summed E-state index contributed by atoms with van der Waals surface area (Å²) < 4.78 is 18.9. The van der Waals surface area contributed by atoms with Crippen LogP contribution in [0.3, 0.4) is 0 Å². The Kier molecular flexibility index (Phi) is 6.48. The fraction of sp³-hybridized carbons (Fsp3) is 0.176. The van der Waals surface area contributed by atoms with Crippen LogP contribution in [0.1, 0.15) is 16.7 Å². The quantitative estimate of drug-likeness (QED) is 0.228. The molecule has 1 aliphatic rings. The number of hydrogen-bond donors (Lipinski definition) is 0. The van der Waals surface area contributed by atoms with Gasteiger partial charge in [0.2, 0.25) is 0 Å². The number of aryl methyl sites for hydroxylation is 1. The summed E-state index contributed by atoms with van der Waals surface area (Å²) in [6, 6.07) is 31.3. The van der Waals surface area contributed by atoms with Gasteiger partial charge >= 0.3 is 0 Å². The van der Waals surface area contributed by atoms with E-state index in [1.807, 2.05) is 38.4 Å². The molecule has 190 valence electrons. The summed E-state index contributed by atoms with van der Waals surface area (Å²) >= 11 is 0. The van der Waals surface area contributed by atoms with Crippen LogP contribution in [0.5, 0.6) is 11.5 Å². The van der Waals surface area contributed by atoms with Crippen LogP contribution in [0.4, 0.5) is 0 Å². The van der Waals surface area contributed by atoms with Gasteiger partial charge in [-0.15, -0.1) is 0 Å². The number of nitrogens with zero attached hydrogens (tertiary/aromatic N) is 1. The largest absolute Gasteiger partial charge is 0.492 e. The van der Waals surface area contributed by atoms with Gasteiger partial charge in [-0.2, -0.15) is 0 Å². The fourth-order valence-corrected chi connectivity index (χ4v) is 5.13. The van der Waals surface area contributed by atoms with E-state index in [0.29, 0.717) is 13.2 Å². The van der Waals surface area contributed by atoms with E-state index in [4.69, 9.17) is 13.9 Å². The van der Waals surface area contributed by atoms with E-state index in [0.717, 1.165) is 73.7 Å². The third-order valence-electron chi connectivity index (χ3n) is 6.99. The van der Waals surface area contributed by atoms with Crippen molar-refractivity contribution < 1.29 is 13.9 Å². The zero-order chi connectivity index (χ0) is 26.1. The zero-order valence-electron chi connectivity index (χ0n) is 22.0. The number of likely N-dealkylation sites (N-methyl/N-ethyl adjacent to an activating group) is 1. The van der Waals surface area contributed by atoms with Crippen molar-refractivity contribution in [2.45, 2.75) is 6.92 Å². The first-order valence-electron chi connectivity index (χ1n) is 13.0. The molecule has 4 heteroatoms. The van der Waals surface area contributed by atoms with Crippen molar-refractivity contribution >= 4 is 16.5 Å². The second kappa shape index (κ2) is 10.2. The molecule has 1 aromatic heterocycles. The Labute approximate surface area is 223 Å². The molecule has 0 bridgehead atoms. The van der Waals surface area contributed by atoms with Crippen molar-refractivity contribution in [1.82, 2.24) is 4.90 Å². The van der Waals surface area contributed by atoms with Crippen molar-refractivity contribution in [2.24, 2.45) is 0 Å². The predicted molar refractivity (Wildman–Crippen MR) is 155 cm³/mol. The summed E-state index contributed by atoms with van der Waals surface area (Å²) in [4.78, 5) is 2.11. The molecule has 5 aromatic rings. The molecular weight excluding hydrogens is 470 g/mol. The van der Waals surface area contributed by atoms with Gasteiger partial charge in [0.25, 0.3) is 0 Å². The van der Waals surface area contributed by atoms with Crippen LogP contribution in [0.25, 0.3) is 39.0 Å². The van der Waals surface area contributed by atoms with Gasteiger partial charge in [-0.25, -0.2) is 0 Å². The van der Waals surface area contributed by atoms with Gasteiger partial charge in [0, 0.05) is 23.1 Å². The number of rotatable bonds is 7. The Morgan fingerprint density at radius 2 is 1.47 bits per heavy atom. The third-order valence-corrected chi connectivity index (χ3v) is 6.99. The van der Waals surface area contributed by atoms with Gasteiger partial charge in [0.15, 0.2) is 0 Å². The molecule has 0 amide bonds. The van der Waals surface area contributed by atoms with E-state index >= 15 is 0 Å². The summed E-state index contributed by atoms with van der Waals surface area (Å²) in [5, 5.41) is 1.11. The lowest BCUT2D eigenvalue weighted by atomic mass is 9.90. The van der Waals surface area contributed by atoms with E-state index in [1.54, 1.807) is 0 Å². The molecule has 0 aliphatic carbocycles. The lowest BCUT2D eigenvalue weighted by Crippen LogP contribution is -2.19. The molecule has 0 spiro atoms. The van der Waals surface area contributed by atoms with Crippen molar-refractivity contribution in [2.75, 3.05) is 33.9 Å². The van der Waals surface area contributed by atoms with Crippen molar-refractivity contribution in [1.29, 1.82) is 0 Å². The molecule has 6 rings (SSSR count). The zero-order valence-corrected chi connectivity index (χ0v) is 22.0. The van der Waals surface area contributed by atoms with E-state index in [9.17, 15) is 0 Å². The number of ether oxygens (including phenoxy) is 2. The van der Waals surface area contributed by atoms with Crippen molar-refractivity contribution in [3.63, 3.8) is 0 Å². The van der Waals surface area contributed by atoms with Crippen LogP contribution in [-0.4, -0.2) is 38.8 Å². The molecule has 0 atom stereocenters. The van der Waals surface area contributed by atoms with Crippen molar-refractivity contribution in [3.05, 3.63) is 114 Å². The first-order valence-corrected chi connectivity index (χ1v) is 13.0. The van der Waals surface area contributed by atoms with Gasteiger partial charge < -0.3 is 18.8 Å². The highest BCUT2D eigenvalue weighted by molar-refractivity contribution is 6.09. The highest BCUT2D eigenvalue weighted by Gasteiger charge is 2.27. The van der Waals surface area contributed by atoms with E-state index in [1.165, 1.54) is 0 Å². The maximum absolute atomic E-state index is 6.83. The molecule has 0 fully saturated rings. The highest BCUT2D eigenvalue weighted by atomic mass is 16.5. The Morgan fingerprint density at radius 1 is 0.789 bits per heavy atom. The summed E-state index contributed by atoms with van der Waals surface area (Å²) in [7, 11) is 4.10. The molecule has 0 unspecified atom stereocenters. The SMILES string of the molecule is Cc1cc2c(c3oc(-c4ccccc4)c(-c4ccc(OCCN(C)C)cc4)c13)C(c1ccccc1)=CCO2. The van der Waals surface area contributed by atoms with Gasteiger partial charge in [-0.05, 0) is 67.6 Å². The summed E-state index contributed by atoms with van der Waals surface area (Å²) in [5.74, 6) is 2.58. The standard InChI is InChI=1S/C34H31NO3/c1-23-22-29-32(28(18-20-37-29)24-10-6-4-7-11-24)34-30(23)31(33(38-34)26-12-8-5-9-13-26)25-14-16-27(17-15-25)36-21-19-35(2)3/h4-18,22H,19-21H2,1-3H3. The minimum atomic E-state index is 0.538. The molecule has 0 N–H and O–H groups in total. The van der Waals surface area contributed by atoms with Crippen molar-refractivity contribution in [3.8, 4) is 33.9 Å². The van der Waals surface area contributed by atoms with Crippen LogP contribution in [-0.2, 0) is 0 Å². The van der Waals surface area contributed by atoms with Crippen LogP contribution in [0.15, 0.2) is 101 Å². The van der Waals surface area contributed by atoms with Gasteiger partial charge in [-0.1, -0.05) is 72.8 Å². The Morgan fingerprint density at radius 3 is 2.16 bits per heavy atom. The first kappa shape index (κ1) is 24.1. The summed E-state index contributed by atoms with van der Waals surface area (Å²) in [6.07, 6.45) is 2.15. The number of benzene rings is 4. The Hall–Kier alpha value is -4.28. The van der Waals surface area contributed by atoms with Crippen LogP contribution in [0.2, 0.25) is 0 Å². The molecular formula is C34H31NO3. The fourth-order valence-electron chi connectivity index (χ4n) is 5.13. The number of fused-ring (bicyclic) bond motifs is 3. The number of furan rings is 1. The molecule has 0 saturated heterocycles. The average Bonchev–Trinajstić information content (AvgIpc) is 3.35. The van der Waals surface area contributed by atoms with E-state index < -0.39 is 0 Å². The molecule has 1 aliphatic heterocycles. The first-order chi connectivity index (χ1) is 18.6. The normalized spacial score (nSPS) is 12.8. The second-order valence-electron chi connectivity index (χ2n) is 9.91. The van der Waals surface area contributed by atoms with Crippen LogP contribution < -0.4 is 9.47 Å². The minimum absolute atomic E-state index is 0.538. The third kappa shape index (κ3) is 4.48. The van der Waals surface area contributed by atoms with Crippen LogP contribution >= 0.6 is 0 Å². The Bertz CT molecular complexity index is 1600. The Balaban J connectivity index is 1.55. The average molecular weight is 502 g/mol. The van der Waals surface area contributed by atoms with E-state index in [2.05, 4.69) is 84.6 Å². The molecule has 0 radical (unpaired) electrons. The highest BCUT2D eigenvalue weighted by Crippen LogP contribution is 2.49. The molecule has 4 nitrogen and oxygen atoms in total. The minimum Gasteiger partial charge on any atom is -0.492 e.